The summed E-state index contributed by atoms with van der Waals surface area (Å²) in [5, 5.41) is 1.35. The van der Waals surface area contributed by atoms with Gasteiger partial charge in [0.05, 0.1) is 11.6 Å². The third-order valence-corrected chi connectivity index (χ3v) is 3.74. The van der Waals surface area contributed by atoms with Crippen LogP contribution in [0.4, 0.5) is 4.39 Å². The standard InChI is InChI=1S/C17H14ClFN2/c1-10-2-3-11-8-12(4-7-16(11)21-10)17(20)14-6-5-13(18)9-15(14)19/h2-9,17H,20H2,1H3. The summed E-state index contributed by atoms with van der Waals surface area (Å²) in [4.78, 5) is 4.45. The normalized spacial score (nSPS) is 12.6. The molecule has 0 aliphatic rings. The van der Waals surface area contributed by atoms with Gasteiger partial charge in [0.2, 0.25) is 0 Å². The minimum atomic E-state index is -0.534. The molecule has 0 aliphatic heterocycles. The van der Waals surface area contributed by atoms with Crippen molar-refractivity contribution in [2.24, 2.45) is 5.73 Å². The molecule has 0 saturated carbocycles. The molecule has 0 spiro atoms. The number of nitrogens with zero attached hydrogens (tertiary/aromatic N) is 1. The molecule has 3 aromatic rings. The summed E-state index contributed by atoms with van der Waals surface area (Å²) in [5.74, 6) is -0.392. The summed E-state index contributed by atoms with van der Waals surface area (Å²) in [6, 6.07) is 13.7. The summed E-state index contributed by atoms with van der Waals surface area (Å²) in [6.07, 6.45) is 0. The lowest BCUT2D eigenvalue weighted by molar-refractivity contribution is 0.600. The maximum Gasteiger partial charge on any atom is 0.129 e. The zero-order valence-electron chi connectivity index (χ0n) is 11.5. The number of aryl methyl sites for hydroxylation is 1. The van der Waals surface area contributed by atoms with Crippen molar-refractivity contribution in [3.05, 3.63) is 76.2 Å². The van der Waals surface area contributed by atoms with Gasteiger partial charge < -0.3 is 5.73 Å². The van der Waals surface area contributed by atoms with Crippen molar-refractivity contribution >= 4 is 22.5 Å². The Morgan fingerprint density at radius 1 is 1.10 bits per heavy atom. The van der Waals surface area contributed by atoms with Gasteiger partial charge in [0.15, 0.2) is 0 Å². The smallest absolute Gasteiger partial charge is 0.129 e. The molecule has 1 atom stereocenters. The maximum atomic E-state index is 14.0. The van der Waals surface area contributed by atoms with Crippen molar-refractivity contribution in [2.75, 3.05) is 0 Å². The van der Waals surface area contributed by atoms with Crippen LogP contribution < -0.4 is 5.73 Å². The van der Waals surface area contributed by atoms with E-state index in [1.165, 1.54) is 6.07 Å². The Morgan fingerprint density at radius 2 is 1.90 bits per heavy atom. The number of aromatic nitrogens is 1. The molecule has 0 bridgehead atoms. The van der Waals surface area contributed by atoms with E-state index in [4.69, 9.17) is 17.3 Å². The lowest BCUT2D eigenvalue weighted by Crippen LogP contribution is -2.13. The molecule has 0 saturated heterocycles. The number of fused-ring (bicyclic) bond motifs is 1. The molecule has 2 N–H and O–H groups in total. The number of pyridine rings is 1. The van der Waals surface area contributed by atoms with E-state index in [0.29, 0.717) is 10.6 Å². The molecule has 0 amide bonds. The first-order chi connectivity index (χ1) is 10.0. The Kier molecular flexibility index (Phi) is 3.62. The molecular weight excluding hydrogens is 287 g/mol. The van der Waals surface area contributed by atoms with Crippen LogP contribution in [0.1, 0.15) is 22.9 Å². The minimum Gasteiger partial charge on any atom is -0.320 e. The molecule has 3 rings (SSSR count). The van der Waals surface area contributed by atoms with E-state index < -0.39 is 11.9 Å². The van der Waals surface area contributed by atoms with Gasteiger partial charge >= 0.3 is 0 Å². The lowest BCUT2D eigenvalue weighted by Gasteiger charge is -2.14. The Morgan fingerprint density at radius 3 is 2.67 bits per heavy atom. The fourth-order valence-corrected chi connectivity index (χ4v) is 2.53. The highest BCUT2D eigenvalue weighted by molar-refractivity contribution is 6.30. The van der Waals surface area contributed by atoms with Gasteiger partial charge in [-0.25, -0.2) is 4.39 Å². The molecule has 4 heteroatoms. The first-order valence-corrected chi connectivity index (χ1v) is 7.00. The average molecular weight is 301 g/mol. The highest BCUT2D eigenvalue weighted by atomic mass is 35.5. The van der Waals surface area contributed by atoms with E-state index in [0.717, 1.165) is 22.2 Å². The third-order valence-electron chi connectivity index (χ3n) is 3.51. The van der Waals surface area contributed by atoms with Crippen LogP contribution in [-0.4, -0.2) is 4.98 Å². The third kappa shape index (κ3) is 2.75. The topological polar surface area (TPSA) is 38.9 Å². The molecule has 0 aliphatic carbocycles. The highest BCUT2D eigenvalue weighted by Gasteiger charge is 2.14. The van der Waals surface area contributed by atoms with E-state index in [9.17, 15) is 4.39 Å². The Hall–Kier alpha value is -1.97. The number of benzene rings is 2. The summed E-state index contributed by atoms with van der Waals surface area (Å²) in [5.41, 5.74) is 9.32. The van der Waals surface area contributed by atoms with Crippen LogP contribution in [0.25, 0.3) is 10.9 Å². The second-order valence-corrected chi connectivity index (χ2v) is 5.48. The first-order valence-electron chi connectivity index (χ1n) is 6.62. The van der Waals surface area contributed by atoms with Crippen LogP contribution in [0.15, 0.2) is 48.5 Å². The number of rotatable bonds is 2. The van der Waals surface area contributed by atoms with Gasteiger partial charge in [-0.2, -0.15) is 0 Å². The van der Waals surface area contributed by atoms with Crippen LogP contribution >= 0.6 is 11.6 Å². The van der Waals surface area contributed by atoms with Crippen LogP contribution in [-0.2, 0) is 0 Å². The molecule has 106 valence electrons. The van der Waals surface area contributed by atoms with E-state index in [1.807, 2.05) is 37.3 Å². The fourth-order valence-electron chi connectivity index (χ4n) is 2.37. The van der Waals surface area contributed by atoms with E-state index in [-0.39, 0.29) is 0 Å². The average Bonchev–Trinajstić information content (AvgIpc) is 2.46. The van der Waals surface area contributed by atoms with Crippen molar-refractivity contribution in [2.45, 2.75) is 13.0 Å². The zero-order chi connectivity index (χ0) is 15.0. The van der Waals surface area contributed by atoms with Crippen molar-refractivity contribution in [1.82, 2.24) is 4.98 Å². The maximum absolute atomic E-state index is 14.0. The first kappa shape index (κ1) is 14.0. The van der Waals surface area contributed by atoms with E-state index in [2.05, 4.69) is 4.98 Å². The Labute approximate surface area is 127 Å². The summed E-state index contributed by atoms with van der Waals surface area (Å²) < 4.78 is 14.0. The Balaban J connectivity index is 2.04. The predicted molar refractivity (Wildman–Crippen MR) is 83.9 cm³/mol. The number of hydrogen-bond acceptors (Lipinski definition) is 2. The highest BCUT2D eigenvalue weighted by Crippen LogP contribution is 2.26. The van der Waals surface area contributed by atoms with Gasteiger partial charge in [0, 0.05) is 21.7 Å². The van der Waals surface area contributed by atoms with Crippen LogP contribution in [0.3, 0.4) is 0 Å². The van der Waals surface area contributed by atoms with Crippen LogP contribution in [0.5, 0.6) is 0 Å². The quantitative estimate of drug-likeness (QED) is 0.762. The molecule has 0 fully saturated rings. The van der Waals surface area contributed by atoms with Gasteiger partial charge in [-0.05, 0) is 42.8 Å². The van der Waals surface area contributed by atoms with Crippen molar-refractivity contribution in [1.29, 1.82) is 0 Å². The van der Waals surface area contributed by atoms with E-state index in [1.54, 1.807) is 12.1 Å². The van der Waals surface area contributed by atoms with Crippen molar-refractivity contribution < 1.29 is 4.39 Å². The summed E-state index contributed by atoms with van der Waals surface area (Å²) in [7, 11) is 0. The summed E-state index contributed by atoms with van der Waals surface area (Å²) in [6.45, 7) is 1.95. The predicted octanol–water partition coefficient (Wildman–Crippen LogP) is 4.38. The molecule has 1 unspecified atom stereocenters. The molecule has 1 aromatic heterocycles. The molecule has 21 heavy (non-hydrogen) atoms. The molecular formula is C17H14ClFN2. The molecule has 1 heterocycles. The second-order valence-electron chi connectivity index (χ2n) is 5.05. The number of halogens is 2. The van der Waals surface area contributed by atoms with Gasteiger partial charge in [-0.1, -0.05) is 29.8 Å². The minimum absolute atomic E-state index is 0.363. The van der Waals surface area contributed by atoms with Crippen LogP contribution in [0, 0.1) is 12.7 Å². The van der Waals surface area contributed by atoms with Crippen molar-refractivity contribution in [3.63, 3.8) is 0 Å². The summed E-state index contributed by atoms with van der Waals surface area (Å²) >= 11 is 5.77. The largest absolute Gasteiger partial charge is 0.320 e. The fraction of sp³-hybridized carbons (Fsp3) is 0.118. The zero-order valence-corrected chi connectivity index (χ0v) is 12.2. The number of nitrogens with two attached hydrogens (primary N) is 1. The van der Waals surface area contributed by atoms with Gasteiger partial charge in [-0.3, -0.25) is 4.98 Å². The van der Waals surface area contributed by atoms with Gasteiger partial charge in [0.25, 0.3) is 0 Å². The SMILES string of the molecule is Cc1ccc2cc(C(N)c3ccc(Cl)cc3F)ccc2n1. The monoisotopic (exact) mass is 300 g/mol. The van der Waals surface area contributed by atoms with E-state index >= 15 is 0 Å². The second kappa shape index (κ2) is 5.43. The number of hydrogen-bond donors (Lipinski definition) is 1. The van der Waals surface area contributed by atoms with Crippen LogP contribution in [0.2, 0.25) is 5.02 Å². The molecule has 0 radical (unpaired) electrons. The Bertz CT molecular complexity index is 817. The molecule has 2 aromatic carbocycles. The van der Waals surface area contributed by atoms with Crippen molar-refractivity contribution in [3.8, 4) is 0 Å². The van der Waals surface area contributed by atoms with Gasteiger partial charge in [0.1, 0.15) is 5.82 Å². The van der Waals surface area contributed by atoms with Gasteiger partial charge in [-0.15, -0.1) is 0 Å². The lowest BCUT2D eigenvalue weighted by atomic mass is 9.97. The molecule has 2 nitrogen and oxygen atoms in total.